The van der Waals surface area contributed by atoms with E-state index in [0.29, 0.717) is 38.8 Å². The van der Waals surface area contributed by atoms with Gasteiger partial charge >= 0.3 is 5.97 Å². The molecule has 2 heterocycles. The van der Waals surface area contributed by atoms with Gasteiger partial charge in [-0.05, 0) is 31.2 Å². The van der Waals surface area contributed by atoms with Gasteiger partial charge in [0.05, 0.1) is 11.7 Å². The highest BCUT2D eigenvalue weighted by molar-refractivity contribution is 5.90. The van der Waals surface area contributed by atoms with Crippen LogP contribution in [-0.2, 0) is 20.8 Å². The standard InChI is InChI=1S/C22H29N3O4/c1-2-18(21(28)29)25-20(27)17(14-15-6-4-3-5-7-15)23-22(25)10-12-24(13-11-22)19(26)16-8-9-16/h3-7,16-18,23H,2,8-14H2,1H3,(H,28,29). The zero-order chi connectivity index (χ0) is 20.6. The molecule has 3 fully saturated rings. The number of carbonyl (C=O) groups is 3. The molecule has 7 nitrogen and oxygen atoms in total. The number of nitrogens with zero attached hydrogens (tertiary/aromatic N) is 2. The fraction of sp³-hybridized carbons (Fsp3) is 0.591. The molecule has 29 heavy (non-hydrogen) atoms. The van der Waals surface area contributed by atoms with Crippen molar-refractivity contribution in [3.63, 3.8) is 0 Å². The molecule has 2 saturated heterocycles. The highest BCUT2D eigenvalue weighted by atomic mass is 16.4. The molecule has 0 aromatic heterocycles. The fourth-order valence-corrected chi connectivity index (χ4v) is 4.81. The highest BCUT2D eigenvalue weighted by Crippen LogP contribution is 2.38. The van der Waals surface area contributed by atoms with Gasteiger partial charge < -0.3 is 14.9 Å². The van der Waals surface area contributed by atoms with E-state index in [1.165, 1.54) is 0 Å². The van der Waals surface area contributed by atoms with Crippen LogP contribution in [0.3, 0.4) is 0 Å². The van der Waals surface area contributed by atoms with Crippen molar-refractivity contribution in [3.05, 3.63) is 35.9 Å². The van der Waals surface area contributed by atoms with E-state index < -0.39 is 23.7 Å². The van der Waals surface area contributed by atoms with Gasteiger partial charge in [-0.2, -0.15) is 0 Å². The Morgan fingerprint density at radius 3 is 2.41 bits per heavy atom. The van der Waals surface area contributed by atoms with Crippen LogP contribution in [0.15, 0.2) is 30.3 Å². The maximum Gasteiger partial charge on any atom is 0.326 e. The molecular formula is C22H29N3O4. The van der Waals surface area contributed by atoms with Gasteiger partial charge in [-0.25, -0.2) is 4.79 Å². The van der Waals surface area contributed by atoms with Gasteiger partial charge in [-0.1, -0.05) is 37.3 Å². The van der Waals surface area contributed by atoms with Crippen molar-refractivity contribution in [3.8, 4) is 0 Å². The third-order valence-corrected chi connectivity index (χ3v) is 6.53. The minimum atomic E-state index is -0.973. The monoisotopic (exact) mass is 399 g/mol. The van der Waals surface area contributed by atoms with Crippen LogP contribution in [0, 0.1) is 5.92 Å². The number of aliphatic carboxylic acids is 1. The van der Waals surface area contributed by atoms with Gasteiger partial charge in [0, 0.05) is 31.8 Å². The van der Waals surface area contributed by atoms with Crippen LogP contribution in [-0.4, -0.2) is 63.5 Å². The Balaban J connectivity index is 1.56. The number of carboxylic acids is 1. The summed E-state index contributed by atoms with van der Waals surface area (Å²) in [4.78, 5) is 41.2. The number of nitrogens with one attached hydrogen (secondary N) is 1. The quantitative estimate of drug-likeness (QED) is 0.759. The number of rotatable bonds is 6. The molecule has 7 heteroatoms. The van der Waals surface area contributed by atoms with E-state index in [9.17, 15) is 19.5 Å². The summed E-state index contributed by atoms with van der Waals surface area (Å²) in [6.07, 6.45) is 3.95. The lowest BCUT2D eigenvalue weighted by Crippen LogP contribution is -2.63. The lowest BCUT2D eigenvalue weighted by molar-refractivity contribution is -0.155. The van der Waals surface area contributed by atoms with Crippen molar-refractivity contribution in [1.82, 2.24) is 15.1 Å². The van der Waals surface area contributed by atoms with E-state index in [-0.39, 0.29) is 17.7 Å². The third kappa shape index (κ3) is 3.75. The second-order valence-corrected chi connectivity index (χ2v) is 8.49. The summed E-state index contributed by atoms with van der Waals surface area (Å²) in [6.45, 7) is 2.91. The second kappa shape index (κ2) is 7.78. The van der Waals surface area contributed by atoms with Gasteiger partial charge in [0.25, 0.3) is 0 Å². The molecule has 1 aromatic rings. The Labute approximate surface area is 171 Å². The predicted molar refractivity (Wildman–Crippen MR) is 107 cm³/mol. The van der Waals surface area contributed by atoms with Gasteiger partial charge in [0.2, 0.25) is 11.8 Å². The first-order chi connectivity index (χ1) is 13.9. The summed E-state index contributed by atoms with van der Waals surface area (Å²) >= 11 is 0. The molecule has 3 aliphatic rings. The molecule has 4 rings (SSSR count). The number of piperidine rings is 1. The zero-order valence-corrected chi connectivity index (χ0v) is 16.8. The van der Waals surface area contributed by atoms with Crippen LogP contribution >= 0.6 is 0 Å². The summed E-state index contributed by atoms with van der Waals surface area (Å²) < 4.78 is 0. The molecule has 2 unspecified atom stereocenters. The van der Waals surface area contributed by atoms with Crippen LogP contribution in [0.25, 0.3) is 0 Å². The Bertz CT molecular complexity index is 785. The van der Waals surface area contributed by atoms with Gasteiger partial charge in [0.1, 0.15) is 6.04 Å². The van der Waals surface area contributed by atoms with Crippen LogP contribution in [0.2, 0.25) is 0 Å². The van der Waals surface area contributed by atoms with Crippen LogP contribution in [0.1, 0.15) is 44.6 Å². The average molecular weight is 399 g/mol. The first-order valence-corrected chi connectivity index (χ1v) is 10.6. The molecule has 2 amide bonds. The maximum absolute atomic E-state index is 13.3. The predicted octanol–water partition coefficient (Wildman–Crippen LogP) is 1.62. The molecule has 0 bridgehead atoms. The molecule has 0 radical (unpaired) electrons. The van der Waals surface area contributed by atoms with Crippen molar-refractivity contribution >= 4 is 17.8 Å². The van der Waals surface area contributed by atoms with Crippen molar-refractivity contribution in [2.75, 3.05) is 13.1 Å². The first kappa shape index (κ1) is 19.9. The number of hydrogen-bond donors (Lipinski definition) is 2. The van der Waals surface area contributed by atoms with E-state index in [2.05, 4.69) is 5.32 Å². The molecule has 1 aromatic carbocycles. The van der Waals surface area contributed by atoms with E-state index in [1.54, 1.807) is 11.8 Å². The van der Waals surface area contributed by atoms with Gasteiger partial charge in [-0.15, -0.1) is 0 Å². The van der Waals surface area contributed by atoms with Gasteiger partial charge in [0.15, 0.2) is 0 Å². The number of amides is 2. The average Bonchev–Trinajstić information content (AvgIpc) is 3.53. The number of hydrogen-bond acceptors (Lipinski definition) is 4. The normalized spacial score (nSPS) is 24.7. The molecular weight excluding hydrogens is 370 g/mol. The summed E-state index contributed by atoms with van der Waals surface area (Å²) in [5.41, 5.74) is 0.343. The Kier molecular flexibility index (Phi) is 5.34. The van der Waals surface area contributed by atoms with Crippen molar-refractivity contribution in [2.45, 2.75) is 63.2 Å². The maximum atomic E-state index is 13.3. The number of carboxylic acid groups (broad SMARTS) is 1. The molecule has 2 atom stereocenters. The third-order valence-electron chi connectivity index (χ3n) is 6.53. The fourth-order valence-electron chi connectivity index (χ4n) is 4.81. The molecule has 156 valence electrons. The van der Waals surface area contributed by atoms with E-state index >= 15 is 0 Å². The SMILES string of the molecule is CCC(C(=O)O)N1C(=O)C(Cc2ccccc2)NC12CCN(C(=O)C1CC1)CC2. The topological polar surface area (TPSA) is 89.9 Å². The van der Waals surface area contributed by atoms with Crippen LogP contribution in [0.5, 0.6) is 0 Å². The summed E-state index contributed by atoms with van der Waals surface area (Å²) in [5, 5.41) is 13.3. The Morgan fingerprint density at radius 2 is 1.86 bits per heavy atom. The summed E-state index contributed by atoms with van der Waals surface area (Å²) in [6, 6.07) is 8.47. The molecule has 1 spiro atoms. The number of carbonyl (C=O) groups excluding carboxylic acids is 2. The summed E-state index contributed by atoms with van der Waals surface area (Å²) in [7, 11) is 0. The second-order valence-electron chi connectivity index (χ2n) is 8.49. The zero-order valence-electron chi connectivity index (χ0n) is 16.8. The minimum absolute atomic E-state index is 0.148. The number of benzene rings is 1. The van der Waals surface area contributed by atoms with Crippen molar-refractivity contribution in [2.24, 2.45) is 5.92 Å². The smallest absolute Gasteiger partial charge is 0.326 e. The number of likely N-dealkylation sites (tertiary alicyclic amines) is 1. The molecule has 2 aliphatic heterocycles. The first-order valence-electron chi connectivity index (χ1n) is 10.6. The van der Waals surface area contributed by atoms with Crippen molar-refractivity contribution in [1.29, 1.82) is 0 Å². The highest BCUT2D eigenvalue weighted by Gasteiger charge is 2.55. The van der Waals surface area contributed by atoms with Gasteiger partial charge in [-0.3, -0.25) is 14.9 Å². The van der Waals surface area contributed by atoms with E-state index in [0.717, 1.165) is 18.4 Å². The Hall–Kier alpha value is -2.41. The minimum Gasteiger partial charge on any atom is -0.480 e. The molecule has 1 aliphatic carbocycles. The van der Waals surface area contributed by atoms with Crippen molar-refractivity contribution < 1.29 is 19.5 Å². The molecule has 2 N–H and O–H groups in total. The van der Waals surface area contributed by atoms with E-state index in [1.807, 2.05) is 35.2 Å². The van der Waals surface area contributed by atoms with E-state index in [4.69, 9.17) is 0 Å². The van der Waals surface area contributed by atoms with Crippen LogP contribution < -0.4 is 5.32 Å². The summed E-state index contributed by atoms with van der Waals surface area (Å²) in [5.74, 6) is -0.739. The molecule has 1 saturated carbocycles. The largest absolute Gasteiger partial charge is 0.480 e. The lowest BCUT2D eigenvalue weighted by Gasteiger charge is -2.46. The lowest BCUT2D eigenvalue weighted by atomic mass is 9.93. The van der Waals surface area contributed by atoms with Crippen LogP contribution in [0.4, 0.5) is 0 Å². The Morgan fingerprint density at radius 1 is 1.21 bits per heavy atom.